The average molecular weight is 396 g/mol. The van der Waals surface area contributed by atoms with Gasteiger partial charge in [-0.3, -0.25) is 0 Å². The zero-order valence-electron chi connectivity index (χ0n) is 16.5. The van der Waals surface area contributed by atoms with Gasteiger partial charge in [0, 0.05) is 11.9 Å². The van der Waals surface area contributed by atoms with Gasteiger partial charge in [0.1, 0.15) is 0 Å². The van der Waals surface area contributed by atoms with Crippen LogP contribution in [0.4, 0.5) is 0 Å². The van der Waals surface area contributed by atoms with Crippen molar-refractivity contribution in [1.82, 2.24) is 24.4 Å². The van der Waals surface area contributed by atoms with Crippen molar-refractivity contribution in [3.05, 3.63) is 57.1 Å². The highest BCUT2D eigenvalue weighted by molar-refractivity contribution is 7.08. The van der Waals surface area contributed by atoms with Crippen molar-refractivity contribution >= 4 is 27.9 Å². The van der Waals surface area contributed by atoms with Crippen molar-refractivity contribution in [3.63, 3.8) is 0 Å². The van der Waals surface area contributed by atoms with Crippen LogP contribution in [-0.4, -0.2) is 58.6 Å². The first-order valence-electron chi connectivity index (χ1n) is 9.41. The summed E-state index contributed by atoms with van der Waals surface area (Å²) in [4.78, 5) is 16.9. The SMILES string of the molecule is CN(C)CCCN(C)Cc1cc2n[nH]c(=O)n2c2cc(-c3ccsc3)ccc12. The van der Waals surface area contributed by atoms with Crippen molar-refractivity contribution in [3.8, 4) is 11.1 Å². The number of H-pyrrole nitrogens is 1. The summed E-state index contributed by atoms with van der Waals surface area (Å²) in [5.74, 6) is 0. The van der Waals surface area contributed by atoms with Crippen LogP contribution < -0.4 is 5.69 Å². The summed E-state index contributed by atoms with van der Waals surface area (Å²) < 4.78 is 1.67. The molecule has 4 aromatic rings. The number of hydrogen-bond donors (Lipinski definition) is 1. The van der Waals surface area contributed by atoms with Gasteiger partial charge < -0.3 is 9.80 Å². The maximum Gasteiger partial charge on any atom is 0.348 e. The Bertz CT molecular complexity index is 1140. The van der Waals surface area contributed by atoms with Crippen molar-refractivity contribution < 1.29 is 0 Å². The molecule has 3 heterocycles. The van der Waals surface area contributed by atoms with E-state index in [-0.39, 0.29) is 5.69 Å². The number of nitrogens with one attached hydrogen (secondary N) is 1. The van der Waals surface area contributed by atoms with E-state index in [1.807, 2.05) is 6.07 Å². The predicted octanol–water partition coefficient (Wildman–Crippen LogP) is 3.29. The maximum absolute atomic E-state index is 12.4. The lowest BCUT2D eigenvalue weighted by atomic mass is 10.0. The molecule has 146 valence electrons. The normalized spacial score (nSPS) is 12.0. The van der Waals surface area contributed by atoms with Crippen LogP contribution in [0.25, 0.3) is 27.7 Å². The Hall–Kier alpha value is -2.48. The number of fused-ring (bicyclic) bond motifs is 3. The van der Waals surface area contributed by atoms with E-state index in [0.717, 1.165) is 42.5 Å². The number of rotatable bonds is 7. The van der Waals surface area contributed by atoms with E-state index in [1.54, 1.807) is 15.7 Å². The number of pyridine rings is 1. The van der Waals surface area contributed by atoms with Crippen LogP contribution in [0.15, 0.2) is 45.9 Å². The Labute approximate surface area is 168 Å². The van der Waals surface area contributed by atoms with Gasteiger partial charge in [0.25, 0.3) is 0 Å². The van der Waals surface area contributed by atoms with E-state index in [2.05, 4.69) is 76.2 Å². The van der Waals surface area contributed by atoms with Crippen LogP contribution in [0.2, 0.25) is 0 Å². The Morgan fingerprint density at radius 2 is 1.96 bits per heavy atom. The first kappa shape index (κ1) is 18.9. The fraction of sp³-hybridized carbons (Fsp3) is 0.333. The minimum atomic E-state index is -0.201. The van der Waals surface area contributed by atoms with Crippen LogP contribution in [0.3, 0.4) is 0 Å². The molecule has 1 aromatic carbocycles. The van der Waals surface area contributed by atoms with Gasteiger partial charge in [0.15, 0.2) is 5.65 Å². The number of thiophene rings is 1. The summed E-state index contributed by atoms with van der Waals surface area (Å²) in [7, 11) is 6.34. The summed E-state index contributed by atoms with van der Waals surface area (Å²) in [5.41, 5.74) is 4.83. The van der Waals surface area contributed by atoms with E-state index in [0.29, 0.717) is 5.65 Å². The lowest BCUT2D eigenvalue weighted by Gasteiger charge is -2.19. The molecule has 0 fully saturated rings. The van der Waals surface area contributed by atoms with Crippen molar-refractivity contribution in [2.75, 3.05) is 34.2 Å². The Balaban J connectivity index is 1.75. The molecule has 7 heteroatoms. The zero-order valence-corrected chi connectivity index (χ0v) is 17.3. The molecule has 0 saturated carbocycles. The van der Waals surface area contributed by atoms with Gasteiger partial charge >= 0.3 is 5.69 Å². The van der Waals surface area contributed by atoms with E-state index < -0.39 is 0 Å². The van der Waals surface area contributed by atoms with Crippen LogP contribution in [0.1, 0.15) is 12.0 Å². The molecule has 3 aromatic heterocycles. The summed E-state index contributed by atoms with van der Waals surface area (Å²) in [6.45, 7) is 2.91. The molecular formula is C21H25N5OS. The molecule has 0 radical (unpaired) electrons. The Kier molecular flexibility index (Phi) is 5.30. The summed E-state index contributed by atoms with van der Waals surface area (Å²) in [6.07, 6.45) is 1.12. The number of nitrogens with zero attached hydrogens (tertiary/aromatic N) is 4. The minimum absolute atomic E-state index is 0.201. The minimum Gasteiger partial charge on any atom is -0.309 e. The highest BCUT2D eigenvalue weighted by Crippen LogP contribution is 2.28. The van der Waals surface area contributed by atoms with Gasteiger partial charge in [-0.1, -0.05) is 12.1 Å². The smallest absolute Gasteiger partial charge is 0.309 e. The molecule has 0 saturated heterocycles. The molecule has 0 spiro atoms. The second-order valence-corrected chi connectivity index (χ2v) is 8.31. The number of aromatic nitrogens is 3. The number of hydrogen-bond acceptors (Lipinski definition) is 5. The molecule has 4 rings (SSSR count). The summed E-state index contributed by atoms with van der Waals surface area (Å²) >= 11 is 1.67. The summed E-state index contributed by atoms with van der Waals surface area (Å²) in [5, 5.41) is 12.1. The lowest BCUT2D eigenvalue weighted by molar-refractivity contribution is 0.295. The largest absolute Gasteiger partial charge is 0.348 e. The van der Waals surface area contributed by atoms with Crippen LogP contribution in [-0.2, 0) is 6.54 Å². The first-order chi connectivity index (χ1) is 13.5. The van der Waals surface area contributed by atoms with Gasteiger partial charge in [0.05, 0.1) is 5.52 Å². The quantitative estimate of drug-likeness (QED) is 0.522. The highest BCUT2D eigenvalue weighted by Gasteiger charge is 2.13. The topological polar surface area (TPSA) is 56.6 Å². The maximum atomic E-state index is 12.4. The molecule has 0 amide bonds. The molecule has 28 heavy (non-hydrogen) atoms. The predicted molar refractivity (Wildman–Crippen MR) is 116 cm³/mol. The molecule has 0 unspecified atom stereocenters. The monoisotopic (exact) mass is 395 g/mol. The van der Waals surface area contributed by atoms with Crippen LogP contribution in [0.5, 0.6) is 0 Å². The van der Waals surface area contributed by atoms with E-state index in [9.17, 15) is 4.79 Å². The fourth-order valence-corrected chi connectivity index (χ4v) is 4.29. The zero-order chi connectivity index (χ0) is 19.7. The van der Waals surface area contributed by atoms with E-state index in [4.69, 9.17) is 0 Å². The fourth-order valence-electron chi connectivity index (χ4n) is 3.63. The molecule has 0 aliphatic heterocycles. The third kappa shape index (κ3) is 3.73. The molecule has 0 atom stereocenters. The molecule has 1 N–H and O–H groups in total. The van der Waals surface area contributed by atoms with Crippen molar-refractivity contribution in [2.45, 2.75) is 13.0 Å². The molecule has 0 aliphatic carbocycles. The molecular weight excluding hydrogens is 370 g/mol. The third-order valence-corrected chi connectivity index (χ3v) is 5.71. The van der Waals surface area contributed by atoms with Crippen molar-refractivity contribution in [2.24, 2.45) is 0 Å². The first-order valence-corrected chi connectivity index (χ1v) is 10.4. The van der Waals surface area contributed by atoms with Gasteiger partial charge in [-0.2, -0.15) is 16.4 Å². The Morgan fingerprint density at radius 1 is 1.11 bits per heavy atom. The van der Waals surface area contributed by atoms with Gasteiger partial charge in [-0.15, -0.1) is 0 Å². The van der Waals surface area contributed by atoms with Crippen LogP contribution in [0, 0.1) is 0 Å². The van der Waals surface area contributed by atoms with E-state index in [1.165, 1.54) is 11.1 Å². The molecule has 6 nitrogen and oxygen atoms in total. The van der Waals surface area contributed by atoms with Gasteiger partial charge in [-0.05, 0) is 86.3 Å². The molecule has 0 bridgehead atoms. The number of aromatic amines is 1. The summed E-state index contributed by atoms with van der Waals surface area (Å²) in [6, 6.07) is 10.5. The third-order valence-electron chi connectivity index (χ3n) is 5.03. The molecule has 0 aliphatic rings. The highest BCUT2D eigenvalue weighted by atomic mass is 32.1. The van der Waals surface area contributed by atoms with E-state index >= 15 is 0 Å². The second-order valence-electron chi connectivity index (χ2n) is 7.53. The van der Waals surface area contributed by atoms with Gasteiger partial charge in [0.2, 0.25) is 0 Å². The Morgan fingerprint density at radius 3 is 2.71 bits per heavy atom. The average Bonchev–Trinajstić information content (AvgIpc) is 3.31. The number of benzene rings is 1. The van der Waals surface area contributed by atoms with Crippen LogP contribution >= 0.6 is 11.3 Å². The lowest BCUT2D eigenvalue weighted by Crippen LogP contribution is -2.23. The van der Waals surface area contributed by atoms with Crippen molar-refractivity contribution in [1.29, 1.82) is 0 Å². The van der Waals surface area contributed by atoms with Gasteiger partial charge in [-0.25, -0.2) is 14.3 Å². The standard InChI is InChI=1S/C21H25N5OS/c1-24(2)8-4-9-25(3)13-17-12-20-22-23-21(27)26(20)19-11-15(5-6-18(17)19)16-7-10-28-14-16/h5-7,10-12,14H,4,8-9,13H2,1-3H3,(H,23,27). The second kappa shape index (κ2) is 7.87.